The minimum atomic E-state index is -0.504. The number of nitrogens with zero attached hydrogens (tertiary/aromatic N) is 4. The summed E-state index contributed by atoms with van der Waals surface area (Å²) in [5.74, 6) is -0.396. The number of hydrogen-bond donors (Lipinski definition) is 1. The summed E-state index contributed by atoms with van der Waals surface area (Å²) in [6.07, 6.45) is 0. The number of aromatic nitrogens is 3. The molecule has 0 aliphatic carbocycles. The maximum atomic E-state index is 13.0. The Balaban J connectivity index is 2.32. The smallest absolute Gasteiger partial charge is 0.322 e. The van der Waals surface area contributed by atoms with Crippen LogP contribution in [0.4, 0.5) is 16.0 Å². The molecule has 0 spiro atoms. The van der Waals surface area contributed by atoms with E-state index in [1.807, 2.05) is 6.07 Å². The number of nitriles is 1. The standard InChI is InChI=1S/C12H9ClFN5O/c1-2-20-12-18-10(13)17-11(19-12)16-9-4-3-8(14)5-7(9)6-15/h3-5H,2H2,1H3,(H,16,17,18,19). The van der Waals surface area contributed by atoms with E-state index >= 15 is 0 Å². The number of ether oxygens (including phenoxy) is 1. The Morgan fingerprint density at radius 1 is 1.40 bits per heavy atom. The van der Waals surface area contributed by atoms with Gasteiger partial charge in [0.05, 0.1) is 17.9 Å². The van der Waals surface area contributed by atoms with Gasteiger partial charge >= 0.3 is 6.01 Å². The molecule has 6 nitrogen and oxygen atoms in total. The highest BCUT2D eigenvalue weighted by molar-refractivity contribution is 6.28. The van der Waals surface area contributed by atoms with Gasteiger partial charge in [-0.1, -0.05) is 0 Å². The molecule has 1 aromatic heterocycles. The van der Waals surface area contributed by atoms with Gasteiger partial charge in [0.25, 0.3) is 0 Å². The number of nitrogens with one attached hydrogen (secondary N) is 1. The van der Waals surface area contributed by atoms with E-state index in [-0.39, 0.29) is 22.8 Å². The zero-order chi connectivity index (χ0) is 14.5. The Labute approximate surface area is 119 Å². The molecule has 0 aliphatic rings. The Morgan fingerprint density at radius 2 is 2.20 bits per heavy atom. The van der Waals surface area contributed by atoms with Gasteiger partial charge in [-0.25, -0.2) is 4.39 Å². The van der Waals surface area contributed by atoms with Gasteiger partial charge in [0, 0.05) is 0 Å². The summed E-state index contributed by atoms with van der Waals surface area (Å²) in [4.78, 5) is 11.6. The second-order valence-corrected chi connectivity index (χ2v) is 3.91. The summed E-state index contributed by atoms with van der Waals surface area (Å²) in [5.41, 5.74) is 0.484. The lowest BCUT2D eigenvalue weighted by molar-refractivity contribution is 0.312. The lowest BCUT2D eigenvalue weighted by atomic mass is 10.2. The molecule has 2 rings (SSSR count). The molecule has 1 aromatic carbocycles. The molecule has 0 aliphatic heterocycles. The van der Waals surface area contributed by atoms with Crippen molar-refractivity contribution in [1.29, 1.82) is 5.26 Å². The van der Waals surface area contributed by atoms with Crippen molar-refractivity contribution in [3.05, 3.63) is 34.9 Å². The average Bonchev–Trinajstić information content (AvgIpc) is 2.40. The maximum Gasteiger partial charge on any atom is 0.322 e. The second kappa shape index (κ2) is 6.12. The van der Waals surface area contributed by atoms with Crippen LogP contribution in [-0.4, -0.2) is 21.6 Å². The highest BCUT2D eigenvalue weighted by Crippen LogP contribution is 2.21. The molecular weight excluding hydrogens is 285 g/mol. The molecule has 0 amide bonds. The zero-order valence-electron chi connectivity index (χ0n) is 10.4. The van der Waals surface area contributed by atoms with Crippen LogP contribution in [0.5, 0.6) is 6.01 Å². The predicted octanol–water partition coefficient (Wildman–Crippen LogP) is 2.68. The summed E-state index contributed by atoms with van der Waals surface area (Å²) < 4.78 is 18.2. The van der Waals surface area contributed by atoms with Gasteiger partial charge in [-0.15, -0.1) is 0 Å². The van der Waals surface area contributed by atoms with Crippen molar-refractivity contribution in [2.75, 3.05) is 11.9 Å². The molecule has 0 fully saturated rings. The molecule has 0 radical (unpaired) electrons. The van der Waals surface area contributed by atoms with Crippen LogP contribution in [-0.2, 0) is 0 Å². The van der Waals surface area contributed by atoms with Crippen LogP contribution in [0.25, 0.3) is 0 Å². The van der Waals surface area contributed by atoms with Crippen LogP contribution in [0.2, 0.25) is 5.28 Å². The topological polar surface area (TPSA) is 83.7 Å². The van der Waals surface area contributed by atoms with E-state index in [2.05, 4.69) is 20.3 Å². The van der Waals surface area contributed by atoms with E-state index in [0.29, 0.717) is 12.3 Å². The Hall–Kier alpha value is -2.46. The second-order valence-electron chi connectivity index (χ2n) is 3.57. The number of halogens is 2. The van der Waals surface area contributed by atoms with Crippen molar-refractivity contribution in [3.63, 3.8) is 0 Å². The summed E-state index contributed by atoms with van der Waals surface area (Å²) in [7, 11) is 0. The lowest BCUT2D eigenvalue weighted by Gasteiger charge is -2.08. The van der Waals surface area contributed by atoms with Crippen molar-refractivity contribution < 1.29 is 9.13 Å². The molecule has 102 valence electrons. The van der Waals surface area contributed by atoms with Crippen molar-refractivity contribution in [1.82, 2.24) is 15.0 Å². The molecule has 0 atom stereocenters. The van der Waals surface area contributed by atoms with Crippen LogP contribution in [0.1, 0.15) is 12.5 Å². The third kappa shape index (κ3) is 3.30. The van der Waals surface area contributed by atoms with Crippen molar-refractivity contribution >= 4 is 23.2 Å². The minimum absolute atomic E-state index is 0.0495. The maximum absolute atomic E-state index is 13.0. The summed E-state index contributed by atoms with van der Waals surface area (Å²) in [5, 5.41) is 11.7. The van der Waals surface area contributed by atoms with E-state index in [9.17, 15) is 4.39 Å². The zero-order valence-corrected chi connectivity index (χ0v) is 11.1. The highest BCUT2D eigenvalue weighted by Gasteiger charge is 2.09. The molecule has 1 heterocycles. The van der Waals surface area contributed by atoms with E-state index in [1.54, 1.807) is 6.92 Å². The van der Waals surface area contributed by atoms with Crippen LogP contribution < -0.4 is 10.1 Å². The lowest BCUT2D eigenvalue weighted by Crippen LogP contribution is -2.04. The van der Waals surface area contributed by atoms with Gasteiger partial charge in [0.1, 0.15) is 11.9 Å². The molecular formula is C12H9ClFN5O. The van der Waals surface area contributed by atoms with Gasteiger partial charge in [0.15, 0.2) is 0 Å². The fourth-order valence-electron chi connectivity index (χ4n) is 1.42. The first-order chi connectivity index (χ1) is 9.62. The van der Waals surface area contributed by atoms with Crippen LogP contribution in [0, 0.1) is 17.1 Å². The fraction of sp³-hybridized carbons (Fsp3) is 0.167. The van der Waals surface area contributed by atoms with E-state index in [4.69, 9.17) is 21.6 Å². The minimum Gasteiger partial charge on any atom is -0.464 e. The van der Waals surface area contributed by atoms with Crippen molar-refractivity contribution in [2.24, 2.45) is 0 Å². The first kappa shape index (κ1) is 14.0. The fourth-order valence-corrected chi connectivity index (χ4v) is 1.57. The highest BCUT2D eigenvalue weighted by atomic mass is 35.5. The van der Waals surface area contributed by atoms with Crippen LogP contribution in [0.3, 0.4) is 0 Å². The van der Waals surface area contributed by atoms with Crippen LogP contribution in [0.15, 0.2) is 18.2 Å². The molecule has 0 bridgehead atoms. The third-order valence-corrected chi connectivity index (χ3v) is 2.38. The molecule has 8 heteroatoms. The molecule has 0 unspecified atom stereocenters. The van der Waals surface area contributed by atoms with Crippen molar-refractivity contribution in [2.45, 2.75) is 6.92 Å². The van der Waals surface area contributed by atoms with E-state index < -0.39 is 5.82 Å². The first-order valence-corrected chi connectivity index (χ1v) is 6.01. The summed E-state index contributed by atoms with van der Waals surface area (Å²) >= 11 is 5.74. The molecule has 2 aromatic rings. The molecule has 0 saturated carbocycles. The number of rotatable bonds is 4. The monoisotopic (exact) mass is 293 g/mol. The molecule has 0 saturated heterocycles. The van der Waals surface area contributed by atoms with Gasteiger partial charge in [-0.3, -0.25) is 0 Å². The normalized spacial score (nSPS) is 9.90. The van der Waals surface area contributed by atoms with Gasteiger partial charge in [-0.05, 0) is 36.7 Å². The Kier molecular flexibility index (Phi) is 4.27. The number of anilines is 2. The first-order valence-electron chi connectivity index (χ1n) is 5.63. The number of hydrogen-bond acceptors (Lipinski definition) is 6. The van der Waals surface area contributed by atoms with E-state index in [0.717, 1.165) is 6.07 Å². The third-order valence-electron chi connectivity index (χ3n) is 2.21. The Morgan fingerprint density at radius 3 is 2.90 bits per heavy atom. The largest absolute Gasteiger partial charge is 0.464 e. The van der Waals surface area contributed by atoms with Gasteiger partial charge < -0.3 is 10.1 Å². The predicted molar refractivity (Wildman–Crippen MR) is 70.4 cm³/mol. The van der Waals surface area contributed by atoms with Gasteiger partial charge in [-0.2, -0.15) is 20.2 Å². The SMILES string of the molecule is CCOc1nc(Cl)nc(Nc2ccc(F)cc2C#N)n1. The number of benzene rings is 1. The quantitative estimate of drug-likeness (QED) is 0.933. The van der Waals surface area contributed by atoms with Gasteiger partial charge in [0.2, 0.25) is 11.2 Å². The molecule has 20 heavy (non-hydrogen) atoms. The average molecular weight is 294 g/mol. The van der Waals surface area contributed by atoms with Crippen molar-refractivity contribution in [3.8, 4) is 12.1 Å². The Bertz CT molecular complexity index is 673. The summed E-state index contributed by atoms with van der Waals surface area (Å²) in [6, 6.07) is 5.67. The summed E-state index contributed by atoms with van der Waals surface area (Å²) in [6.45, 7) is 2.15. The van der Waals surface area contributed by atoms with Crippen LogP contribution >= 0.6 is 11.6 Å². The molecule has 1 N–H and O–H groups in total. The van der Waals surface area contributed by atoms with E-state index in [1.165, 1.54) is 12.1 Å².